The molecule has 2 N–H and O–H groups in total. The largest absolute Gasteiger partial charge is 0.326 e. The van der Waals surface area contributed by atoms with E-state index in [-0.39, 0.29) is 12.1 Å². The summed E-state index contributed by atoms with van der Waals surface area (Å²) in [5.74, 6) is -3.74. The monoisotopic (exact) mass is 258 g/mol. The Morgan fingerprint density at radius 1 is 1.17 bits per heavy atom. The summed E-state index contributed by atoms with van der Waals surface area (Å²) in [7, 11) is 1.87. The lowest BCUT2D eigenvalue weighted by Gasteiger charge is -2.30. The Hall–Kier alpha value is -1.07. The molecule has 0 spiro atoms. The van der Waals surface area contributed by atoms with Gasteiger partial charge in [0.15, 0.2) is 17.5 Å². The molecule has 1 saturated heterocycles. The predicted molar refractivity (Wildman–Crippen MR) is 63.5 cm³/mol. The number of likely N-dealkylation sites (N-methyl/N-ethyl adjacent to an activating group) is 1. The van der Waals surface area contributed by atoms with Gasteiger partial charge >= 0.3 is 0 Å². The third-order valence-electron chi connectivity index (χ3n) is 3.53. The number of nitrogens with two attached hydrogens (primary N) is 1. The van der Waals surface area contributed by atoms with E-state index >= 15 is 0 Å². The van der Waals surface area contributed by atoms with E-state index in [2.05, 4.69) is 0 Å². The normalized spacial score (nSPS) is 26.1. The summed E-state index contributed by atoms with van der Waals surface area (Å²) < 4.78 is 39.5. The first-order valence-corrected chi connectivity index (χ1v) is 6.11. The molecule has 2 nitrogen and oxygen atoms in total. The van der Waals surface area contributed by atoms with Crippen molar-refractivity contribution in [2.75, 3.05) is 13.6 Å². The summed E-state index contributed by atoms with van der Waals surface area (Å²) in [6.45, 7) is 0.818. The van der Waals surface area contributed by atoms with Gasteiger partial charge in [-0.3, -0.25) is 4.90 Å². The zero-order valence-corrected chi connectivity index (χ0v) is 10.3. The molecule has 2 unspecified atom stereocenters. The van der Waals surface area contributed by atoms with E-state index < -0.39 is 17.5 Å². The fourth-order valence-electron chi connectivity index (χ4n) is 2.61. The molecule has 18 heavy (non-hydrogen) atoms. The van der Waals surface area contributed by atoms with Gasteiger partial charge in [0.05, 0.1) is 0 Å². The summed E-state index contributed by atoms with van der Waals surface area (Å²) in [6.07, 6.45) is 2.80. The van der Waals surface area contributed by atoms with E-state index in [1.807, 2.05) is 11.9 Å². The second-order valence-electron chi connectivity index (χ2n) is 4.88. The molecule has 1 aromatic rings. The molecule has 2 rings (SSSR count). The van der Waals surface area contributed by atoms with Crippen LogP contribution in [0.1, 0.15) is 30.9 Å². The average Bonchev–Trinajstić information content (AvgIpc) is 2.47. The topological polar surface area (TPSA) is 29.3 Å². The highest BCUT2D eigenvalue weighted by Gasteiger charge is 2.28. The van der Waals surface area contributed by atoms with E-state index in [9.17, 15) is 13.2 Å². The highest BCUT2D eigenvalue weighted by atomic mass is 19.2. The van der Waals surface area contributed by atoms with Crippen molar-refractivity contribution in [2.24, 2.45) is 5.73 Å². The maximum atomic E-state index is 13.3. The van der Waals surface area contributed by atoms with Crippen molar-refractivity contribution in [1.29, 1.82) is 0 Å². The van der Waals surface area contributed by atoms with Crippen molar-refractivity contribution in [3.05, 3.63) is 35.1 Å². The summed E-state index contributed by atoms with van der Waals surface area (Å²) in [5, 5.41) is 0. The van der Waals surface area contributed by atoms with Gasteiger partial charge in [-0.25, -0.2) is 13.2 Å². The van der Waals surface area contributed by atoms with Crippen molar-refractivity contribution in [1.82, 2.24) is 4.90 Å². The van der Waals surface area contributed by atoms with Crippen molar-refractivity contribution in [2.45, 2.75) is 31.3 Å². The van der Waals surface area contributed by atoms with E-state index in [0.717, 1.165) is 37.9 Å². The molecule has 0 amide bonds. The van der Waals surface area contributed by atoms with Crippen LogP contribution in [0.25, 0.3) is 0 Å². The van der Waals surface area contributed by atoms with E-state index in [0.29, 0.717) is 5.56 Å². The first-order valence-electron chi connectivity index (χ1n) is 6.11. The molecule has 0 aromatic heterocycles. The van der Waals surface area contributed by atoms with Crippen LogP contribution in [0.3, 0.4) is 0 Å². The number of hydrogen-bond donors (Lipinski definition) is 1. The number of halogens is 3. The van der Waals surface area contributed by atoms with Gasteiger partial charge in [-0.15, -0.1) is 0 Å². The summed E-state index contributed by atoms with van der Waals surface area (Å²) in [4.78, 5) is 1.98. The quantitative estimate of drug-likeness (QED) is 0.784. The van der Waals surface area contributed by atoms with Gasteiger partial charge in [0.1, 0.15) is 0 Å². The fourth-order valence-corrected chi connectivity index (χ4v) is 2.61. The van der Waals surface area contributed by atoms with Crippen molar-refractivity contribution in [3.8, 4) is 0 Å². The lowest BCUT2D eigenvalue weighted by atomic mass is 9.96. The standard InChI is InChI=1S/C13H17F3N2/c1-18-5-3-2-4-11(17)13(18)8-6-9(14)12(16)10(15)7-8/h6-7,11,13H,2-5,17H2,1H3. The zero-order valence-electron chi connectivity index (χ0n) is 10.3. The second kappa shape index (κ2) is 5.28. The molecular formula is C13H17F3N2. The number of hydrogen-bond acceptors (Lipinski definition) is 2. The van der Waals surface area contributed by atoms with E-state index in [4.69, 9.17) is 5.73 Å². The summed E-state index contributed by atoms with van der Waals surface area (Å²) >= 11 is 0. The minimum Gasteiger partial charge on any atom is -0.326 e. The van der Waals surface area contributed by atoms with Crippen LogP contribution < -0.4 is 5.73 Å². The highest BCUT2D eigenvalue weighted by Crippen LogP contribution is 2.29. The minimum absolute atomic E-state index is 0.193. The van der Waals surface area contributed by atoms with Crippen LogP contribution in [-0.2, 0) is 0 Å². The van der Waals surface area contributed by atoms with Gasteiger partial charge in [0.2, 0.25) is 0 Å². The molecular weight excluding hydrogens is 241 g/mol. The lowest BCUT2D eigenvalue weighted by Crippen LogP contribution is -2.37. The molecule has 1 aromatic carbocycles. The molecule has 0 radical (unpaired) electrons. The Bertz CT molecular complexity index is 401. The number of nitrogens with zero attached hydrogens (tertiary/aromatic N) is 1. The van der Waals surface area contributed by atoms with Crippen LogP contribution in [0, 0.1) is 17.5 Å². The molecule has 0 saturated carbocycles. The molecule has 1 fully saturated rings. The Morgan fingerprint density at radius 3 is 2.39 bits per heavy atom. The van der Waals surface area contributed by atoms with Gasteiger partial charge < -0.3 is 5.73 Å². The second-order valence-corrected chi connectivity index (χ2v) is 4.88. The van der Waals surface area contributed by atoms with Gasteiger partial charge in [0, 0.05) is 12.1 Å². The molecule has 0 bridgehead atoms. The van der Waals surface area contributed by atoms with Gasteiger partial charge in [-0.05, 0) is 44.1 Å². The van der Waals surface area contributed by atoms with Crippen LogP contribution >= 0.6 is 0 Å². The molecule has 100 valence electrons. The SMILES string of the molecule is CN1CCCCC(N)C1c1cc(F)c(F)c(F)c1. The minimum atomic E-state index is -1.43. The number of rotatable bonds is 1. The Morgan fingerprint density at radius 2 is 1.78 bits per heavy atom. The van der Waals surface area contributed by atoms with Crippen LogP contribution in [0.5, 0.6) is 0 Å². The third-order valence-corrected chi connectivity index (χ3v) is 3.53. The number of benzene rings is 1. The van der Waals surface area contributed by atoms with Crippen LogP contribution in [-0.4, -0.2) is 24.5 Å². The first-order chi connectivity index (χ1) is 8.50. The maximum Gasteiger partial charge on any atom is 0.194 e. The fraction of sp³-hybridized carbons (Fsp3) is 0.538. The Labute approximate surface area is 105 Å². The van der Waals surface area contributed by atoms with Crippen molar-refractivity contribution in [3.63, 3.8) is 0 Å². The summed E-state index contributed by atoms with van der Waals surface area (Å²) in [5.41, 5.74) is 6.47. The van der Waals surface area contributed by atoms with Crippen LogP contribution in [0.2, 0.25) is 0 Å². The van der Waals surface area contributed by atoms with Crippen LogP contribution in [0.4, 0.5) is 13.2 Å². The molecule has 1 heterocycles. The highest BCUT2D eigenvalue weighted by molar-refractivity contribution is 5.24. The Balaban J connectivity index is 2.39. The number of likely N-dealkylation sites (tertiary alicyclic amines) is 1. The van der Waals surface area contributed by atoms with Crippen molar-refractivity contribution >= 4 is 0 Å². The maximum absolute atomic E-state index is 13.3. The molecule has 1 aliphatic heterocycles. The Kier molecular flexibility index (Phi) is 3.92. The van der Waals surface area contributed by atoms with E-state index in [1.165, 1.54) is 0 Å². The molecule has 1 aliphatic rings. The van der Waals surface area contributed by atoms with Gasteiger partial charge in [0.25, 0.3) is 0 Å². The molecule has 5 heteroatoms. The van der Waals surface area contributed by atoms with Crippen LogP contribution in [0.15, 0.2) is 12.1 Å². The smallest absolute Gasteiger partial charge is 0.194 e. The van der Waals surface area contributed by atoms with E-state index in [1.54, 1.807) is 0 Å². The van der Waals surface area contributed by atoms with Gasteiger partial charge in [-0.1, -0.05) is 6.42 Å². The lowest BCUT2D eigenvalue weighted by molar-refractivity contribution is 0.228. The third kappa shape index (κ3) is 2.52. The van der Waals surface area contributed by atoms with Crippen molar-refractivity contribution < 1.29 is 13.2 Å². The summed E-state index contributed by atoms with van der Waals surface area (Å²) in [6, 6.07) is 1.63. The first kappa shape index (κ1) is 13.4. The molecule has 0 aliphatic carbocycles. The zero-order chi connectivity index (χ0) is 13.3. The predicted octanol–water partition coefficient (Wildman–Crippen LogP) is 2.59. The van der Waals surface area contributed by atoms with Gasteiger partial charge in [-0.2, -0.15) is 0 Å². The molecule has 2 atom stereocenters. The average molecular weight is 258 g/mol.